The van der Waals surface area contributed by atoms with Gasteiger partial charge in [-0.1, -0.05) is 47.6 Å². The van der Waals surface area contributed by atoms with Crippen molar-refractivity contribution in [2.24, 2.45) is 4.99 Å². The van der Waals surface area contributed by atoms with Crippen LogP contribution in [0, 0.1) is 6.92 Å². The number of hydrogen-bond donors (Lipinski definition) is 1. The number of hydrogen-bond acceptors (Lipinski definition) is 4. The number of aryl methyl sites for hydroxylation is 1. The Morgan fingerprint density at radius 3 is 2.69 bits per heavy atom. The lowest BCUT2D eigenvalue weighted by Crippen LogP contribution is -2.43. The van der Waals surface area contributed by atoms with Crippen molar-refractivity contribution in [3.05, 3.63) is 59.1 Å². The number of para-hydroxylation sites is 1. The molecule has 134 valence electrons. The van der Waals surface area contributed by atoms with Crippen LogP contribution in [0.15, 0.2) is 53.5 Å². The number of carbonyl (C=O) groups excluding carboxylic acids is 2. The van der Waals surface area contributed by atoms with E-state index < -0.39 is 5.25 Å². The smallest absolute Gasteiger partial charge is 0.238 e. The molecule has 0 saturated carbocycles. The van der Waals surface area contributed by atoms with Crippen molar-refractivity contribution in [3.8, 4) is 0 Å². The van der Waals surface area contributed by atoms with E-state index in [1.54, 1.807) is 19.2 Å². The zero-order valence-corrected chi connectivity index (χ0v) is 16.0. The van der Waals surface area contributed by atoms with Crippen molar-refractivity contribution in [3.63, 3.8) is 0 Å². The van der Waals surface area contributed by atoms with Crippen LogP contribution in [0.3, 0.4) is 0 Å². The molecule has 2 aromatic carbocycles. The van der Waals surface area contributed by atoms with Crippen molar-refractivity contribution < 1.29 is 9.59 Å². The number of nitrogens with one attached hydrogen (secondary N) is 1. The molecule has 1 aliphatic rings. The van der Waals surface area contributed by atoms with Gasteiger partial charge in [0.1, 0.15) is 5.25 Å². The van der Waals surface area contributed by atoms with Crippen LogP contribution in [0.2, 0.25) is 5.02 Å². The molecule has 1 N–H and O–H groups in total. The zero-order chi connectivity index (χ0) is 18.7. The Balaban J connectivity index is 1.77. The molecule has 0 bridgehead atoms. The van der Waals surface area contributed by atoms with Crippen LogP contribution in [0.1, 0.15) is 12.0 Å². The van der Waals surface area contributed by atoms with E-state index in [4.69, 9.17) is 11.6 Å². The predicted octanol–water partition coefficient (Wildman–Crippen LogP) is 4.24. The van der Waals surface area contributed by atoms with Gasteiger partial charge in [0.25, 0.3) is 0 Å². The summed E-state index contributed by atoms with van der Waals surface area (Å²) >= 11 is 7.39. The summed E-state index contributed by atoms with van der Waals surface area (Å²) in [4.78, 5) is 30.9. The van der Waals surface area contributed by atoms with Crippen molar-refractivity contribution in [1.82, 2.24) is 4.90 Å². The minimum atomic E-state index is -0.541. The van der Waals surface area contributed by atoms with Gasteiger partial charge in [0.15, 0.2) is 5.17 Å². The van der Waals surface area contributed by atoms with E-state index in [-0.39, 0.29) is 18.2 Å². The van der Waals surface area contributed by atoms with E-state index >= 15 is 0 Å². The van der Waals surface area contributed by atoms with Crippen LogP contribution >= 0.6 is 23.4 Å². The van der Waals surface area contributed by atoms with Crippen LogP contribution in [0.25, 0.3) is 0 Å². The summed E-state index contributed by atoms with van der Waals surface area (Å²) < 4.78 is 0. The van der Waals surface area contributed by atoms with E-state index in [0.29, 0.717) is 15.9 Å². The molecule has 0 aromatic heterocycles. The van der Waals surface area contributed by atoms with Crippen LogP contribution < -0.4 is 5.32 Å². The van der Waals surface area contributed by atoms with Crippen molar-refractivity contribution in [2.75, 3.05) is 12.4 Å². The highest BCUT2D eigenvalue weighted by Crippen LogP contribution is 2.29. The first-order valence-corrected chi connectivity index (χ1v) is 9.34. The second-order valence-corrected chi connectivity index (χ2v) is 7.52. The Bertz CT molecular complexity index is 870. The summed E-state index contributed by atoms with van der Waals surface area (Å²) in [6.07, 6.45) is 0.125. The molecule has 2 aromatic rings. The van der Waals surface area contributed by atoms with Crippen LogP contribution in [0.4, 0.5) is 11.4 Å². The van der Waals surface area contributed by atoms with Crippen LogP contribution in [-0.2, 0) is 9.59 Å². The fourth-order valence-electron chi connectivity index (χ4n) is 2.40. The number of thioether (sulfide) groups is 1. The zero-order valence-electron chi connectivity index (χ0n) is 14.4. The topological polar surface area (TPSA) is 61.8 Å². The van der Waals surface area contributed by atoms with Gasteiger partial charge in [0.2, 0.25) is 11.8 Å². The van der Waals surface area contributed by atoms with Gasteiger partial charge in [-0.25, -0.2) is 4.99 Å². The molecular formula is C19H18ClN3O2S. The van der Waals surface area contributed by atoms with Crippen LogP contribution in [-0.4, -0.2) is 34.2 Å². The van der Waals surface area contributed by atoms with Gasteiger partial charge in [-0.05, 0) is 36.8 Å². The molecule has 2 amide bonds. The van der Waals surface area contributed by atoms with Crippen molar-refractivity contribution in [2.45, 2.75) is 18.6 Å². The number of carbonyl (C=O) groups is 2. The predicted molar refractivity (Wildman–Crippen MR) is 107 cm³/mol. The highest BCUT2D eigenvalue weighted by atomic mass is 35.5. The van der Waals surface area contributed by atoms with Crippen molar-refractivity contribution in [1.29, 1.82) is 0 Å². The Morgan fingerprint density at radius 2 is 2.00 bits per heavy atom. The number of aliphatic imine (C=N–C) groups is 1. The fourth-order valence-corrected chi connectivity index (χ4v) is 3.65. The second kappa shape index (κ2) is 7.93. The molecule has 1 unspecified atom stereocenters. The molecule has 5 nitrogen and oxygen atoms in total. The molecule has 1 atom stereocenters. The lowest BCUT2D eigenvalue weighted by Gasteiger charge is -2.28. The number of rotatable bonds is 3. The number of anilines is 1. The molecule has 1 saturated heterocycles. The Morgan fingerprint density at radius 1 is 1.27 bits per heavy atom. The maximum atomic E-state index is 12.6. The Labute approximate surface area is 161 Å². The molecule has 0 aliphatic carbocycles. The van der Waals surface area contributed by atoms with Gasteiger partial charge in [0.05, 0.1) is 5.69 Å². The third-order valence-corrected chi connectivity index (χ3v) is 5.63. The normalized spacial score (nSPS) is 18.9. The first kappa shape index (κ1) is 18.5. The fraction of sp³-hybridized carbons (Fsp3) is 0.211. The van der Waals surface area contributed by atoms with Gasteiger partial charge >= 0.3 is 0 Å². The van der Waals surface area contributed by atoms with E-state index in [0.717, 1.165) is 11.3 Å². The average Bonchev–Trinajstić information content (AvgIpc) is 2.62. The van der Waals surface area contributed by atoms with Gasteiger partial charge in [-0.15, -0.1) is 0 Å². The largest absolute Gasteiger partial charge is 0.325 e. The van der Waals surface area contributed by atoms with E-state index in [9.17, 15) is 9.59 Å². The lowest BCUT2D eigenvalue weighted by molar-refractivity contribution is -0.128. The lowest BCUT2D eigenvalue weighted by atomic mass is 10.2. The second-order valence-electron chi connectivity index (χ2n) is 5.95. The molecule has 3 rings (SSSR count). The number of benzene rings is 2. The first-order valence-electron chi connectivity index (χ1n) is 8.08. The molecule has 0 radical (unpaired) electrons. The number of amides is 2. The van der Waals surface area contributed by atoms with Gasteiger partial charge in [-0.3, -0.25) is 14.5 Å². The molecule has 0 spiro atoms. The summed E-state index contributed by atoms with van der Waals surface area (Å²) in [5.41, 5.74) is 2.28. The number of nitrogens with zero attached hydrogens (tertiary/aromatic N) is 2. The maximum Gasteiger partial charge on any atom is 0.238 e. The highest BCUT2D eigenvalue weighted by molar-refractivity contribution is 8.15. The summed E-state index contributed by atoms with van der Waals surface area (Å²) in [6, 6.07) is 14.7. The van der Waals surface area contributed by atoms with Crippen LogP contribution in [0.5, 0.6) is 0 Å². The maximum absolute atomic E-state index is 12.6. The van der Waals surface area contributed by atoms with Gasteiger partial charge < -0.3 is 5.32 Å². The van der Waals surface area contributed by atoms with Crippen molar-refractivity contribution >= 4 is 51.7 Å². The number of halogens is 1. The molecule has 1 aliphatic heterocycles. The summed E-state index contributed by atoms with van der Waals surface area (Å²) in [6.45, 7) is 1.89. The molecule has 7 heteroatoms. The SMILES string of the molecule is Cc1ccc(NC(=O)C2CC(=O)N(C)C(=Nc3ccccc3)S2)cc1Cl. The molecule has 1 heterocycles. The highest BCUT2D eigenvalue weighted by Gasteiger charge is 2.34. The van der Waals surface area contributed by atoms with Gasteiger partial charge in [-0.2, -0.15) is 0 Å². The monoisotopic (exact) mass is 387 g/mol. The third-order valence-electron chi connectivity index (χ3n) is 3.98. The summed E-state index contributed by atoms with van der Waals surface area (Å²) in [5.74, 6) is -0.377. The van der Waals surface area contributed by atoms with E-state index in [2.05, 4.69) is 10.3 Å². The van der Waals surface area contributed by atoms with Gasteiger partial charge in [0, 0.05) is 24.2 Å². The molecule has 26 heavy (non-hydrogen) atoms. The number of amidine groups is 1. The standard InChI is InChI=1S/C19H18ClN3O2S/c1-12-8-9-14(10-15(12)20)21-18(25)16-11-17(24)23(2)19(26-16)22-13-6-4-3-5-7-13/h3-10,16H,11H2,1-2H3,(H,21,25). The Hall–Kier alpha value is -2.31. The quantitative estimate of drug-likeness (QED) is 0.856. The van der Waals surface area contributed by atoms with E-state index in [1.165, 1.54) is 16.7 Å². The average molecular weight is 388 g/mol. The molecule has 1 fully saturated rings. The Kier molecular flexibility index (Phi) is 5.64. The van der Waals surface area contributed by atoms with E-state index in [1.807, 2.05) is 43.3 Å². The minimum absolute atomic E-state index is 0.125. The summed E-state index contributed by atoms with van der Waals surface area (Å²) in [7, 11) is 1.67. The molecular weight excluding hydrogens is 370 g/mol. The first-order chi connectivity index (χ1) is 12.4. The minimum Gasteiger partial charge on any atom is -0.325 e. The third kappa shape index (κ3) is 4.26. The summed E-state index contributed by atoms with van der Waals surface area (Å²) in [5, 5.41) is 3.38.